The number of amides is 1. The highest BCUT2D eigenvalue weighted by Crippen LogP contribution is 2.24. The number of carbonyl (C=O) groups is 1. The van der Waals surface area contributed by atoms with Gasteiger partial charge in [-0.25, -0.2) is 4.98 Å². The predicted octanol–water partition coefficient (Wildman–Crippen LogP) is 1.68. The number of hydrogen-bond acceptors (Lipinski definition) is 5. The molecular formula is C15H19N3O2S. The van der Waals surface area contributed by atoms with Crippen molar-refractivity contribution in [2.45, 2.75) is 25.0 Å². The van der Waals surface area contributed by atoms with E-state index in [0.717, 1.165) is 28.3 Å². The third-order valence-corrected chi connectivity index (χ3v) is 4.99. The average molecular weight is 305 g/mol. The summed E-state index contributed by atoms with van der Waals surface area (Å²) in [6.45, 7) is 2.07. The summed E-state index contributed by atoms with van der Waals surface area (Å²) in [5.74, 6) is -0.0363. The van der Waals surface area contributed by atoms with E-state index in [2.05, 4.69) is 15.6 Å². The van der Waals surface area contributed by atoms with Gasteiger partial charge in [-0.15, -0.1) is 11.3 Å². The van der Waals surface area contributed by atoms with Crippen LogP contribution in [0.25, 0.3) is 10.2 Å². The Morgan fingerprint density at radius 3 is 2.90 bits per heavy atom. The lowest BCUT2D eigenvalue weighted by Crippen LogP contribution is -2.53. The van der Waals surface area contributed by atoms with E-state index in [1.165, 1.54) is 0 Å². The minimum atomic E-state index is -0.693. The van der Waals surface area contributed by atoms with Gasteiger partial charge in [0.1, 0.15) is 10.6 Å². The van der Waals surface area contributed by atoms with Crippen molar-refractivity contribution in [3.63, 3.8) is 0 Å². The summed E-state index contributed by atoms with van der Waals surface area (Å²) in [5.41, 5.74) is 0.289. The van der Waals surface area contributed by atoms with Crippen LogP contribution in [-0.4, -0.2) is 36.7 Å². The van der Waals surface area contributed by atoms with Crippen LogP contribution in [0.5, 0.6) is 0 Å². The van der Waals surface area contributed by atoms with Gasteiger partial charge < -0.3 is 15.4 Å². The molecule has 1 aliphatic rings. The van der Waals surface area contributed by atoms with Crippen molar-refractivity contribution < 1.29 is 9.53 Å². The molecule has 1 amide bonds. The number of methoxy groups -OCH3 is 1. The second kappa shape index (κ2) is 6.09. The first-order valence-electron chi connectivity index (χ1n) is 7.12. The van der Waals surface area contributed by atoms with E-state index in [9.17, 15) is 4.79 Å². The first-order chi connectivity index (χ1) is 10.2. The molecule has 3 rings (SSSR count). The van der Waals surface area contributed by atoms with Gasteiger partial charge in [0.05, 0.1) is 16.8 Å². The van der Waals surface area contributed by atoms with Crippen molar-refractivity contribution in [2.24, 2.45) is 0 Å². The first-order valence-corrected chi connectivity index (χ1v) is 7.94. The van der Waals surface area contributed by atoms with Gasteiger partial charge in [-0.1, -0.05) is 12.1 Å². The summed E-state index contributed by atoms with van der Waals surface area (Å²) < 4.78 is 6.66. The molecule has 0 aliphatic carbocycles. The zero-order valence-electron chi connectivity index (χ0n) is 12.0. The van der Waals surface area contributed by atoms with E-state index >= 15 is 0 Å². The Hall–Kier alpha value is -1.50. The van der Waals surface area contributed by atoms with Crippen molar-refractivity contribution in [2.75, 3.05) is 20.2 Å². The smallest absolute Gasteiger partial charge is 0.252 e. The lowest BCUT2D eigenvalue weighted by molar-refractivity contribution is -0.146. The SMILES string of the molecule is COC1(C(=O)NCc2nc3ccccc3s2)CCNCC1. The minimum absolute atomic E-state index is 0.0363. The average Bonchev–Trinajstić information content (AvgIpc) is 2.96. The van der Waals surface area contributed by atoms with E-state index in [-0.39, 0.29) is 5.91 Å². The number of carbonyl (C=O) groups excluding carboxylic acids is 1. The van der Waals surface area contributed by atoms with Gasteiger partial charge >= 0.3 is 0 Å². The quantitative estimate of drug-likeness (QED) is 0.902. The zero-order valence-corrected chi connectivity index (χ0v) is 12.8. The summed E-state index contributed by atoms with van der Waals surface area (Å²) in [6, 6.07) is 8.00. The Labute approximate surface area is 127 Å². The normalized spacial score (nSPS) is 17.8. The fourth-order valence-corrected chi connectivity index (χ4v) is 3.57. The third kappa shape index (κ3) is 2.92. The minimum Gasteiger partial charge on any atom is -0.368 e. The molecule has 0 unspecified atom stereocenters. The van der Waals surface area contributed by atoms with Crippen molar-refractivity contribution in [3.05, 3.63) is 29.3 Å². The summed E-state index contributed by atoms with van der Waals surface area (Å²) >= 11 is 1.61. The highest BCUT2D eigenvalue weighted by atomic mass is 32.1. The number of para-hydroxylation sites is 1. The van der Waals surface area contributed by atoms with Gasteiger partial charge in [-0.05, 0) is 38.1 Å². The largest absolute Gasteiger partial charge is 0.368 e. The maximum Gasteiger partial charge on any atom is 0.252 e. The number of ether oxygens (including phenoxy) is 1. The maximum absolute atomic E-state index is 12.5. The topological polar surface area (TPSA) is 63.2 Å². The standard InChI is InChI=1S/C15H19N3O2S/c1-20-15(6-8-16-9-7-15)14(19)17-10-13-18-11-4-2-3-5-12(11)21-13/h2-5,16H,6-10H2,1H3,(H,17,19). The van der Waals surface area contributed by atoms with Crippen molar-refractivity contribution in [1.29, 1.82) is 0 Å². The van der Waals surface area contributed by atoms with Crippen molar-refractivity contribution >= 4 is 27.5 Å². The number of nitrogens with zero attached hydrogens (tertiary/aromatic N) is 1. The molecule has 5 nitrogen and oxygen atoms in total. The van der Waals surface area contributed by atoms with Gasteiger partial charge in [0.15, 0.2) is 0 Å². The van der Waals surface area contributed by atoms with Crippen molar-refractivity contribution in [1.82, 2.24) is 15.6 Å². The number of piperidine rings is 1. The second-order valence-corrected chi connectivity index (χ2v) is 6.32. The van der Waals surface area contributed by atoms with Crippen LogP contribution < -0.4 is 10.6 Å². The number of fused-ring (bicyclic) bond motifs is 1. The molecule has 2 aromatic rings. The van der Waals surface area contributed by atoms with Crippen molar-refractivity contribution in [3.8, 4) is 0 Å². The Morgan fingerprint density at radius 1 is 1.43 bits per heavy atom. The van der Waals surface area contributed by atoms with E-state index in [1.807, 2.05) is 24.3 Å². The maximum atomic E-state index is 12.5. The Morgan fingerprint density at radius 2 is 2.19 bits per heavy atom. The Kier molecular flexibility index (Phi) is 4.19. The number of thiazole rings is 1. The molecule has 112 valence electrons. The van der Waals surface area contributed by atoms with Crippen LogP contribution in [0.2, 0.25) is 0 Å². The molecule has 1 aromatic heterocycles. The van der Waals surface area contributed by atoms with E-state index in [0.29, 0.717) is 19.4 Å². The van der Waals surface area contributed by atoms with Crippen LogP contribution in [0.3, 0.4) is 0 Å². The number of aromatic nitrogens is 1. The first kappa shape index (κ1) is 14.4. The van der Waals surface area contributed by atoms with Crippen LogP contribution in [0.1, 0.15) is 17.8 Å². The number of rotatable bonds is 4. The molecule has 6 heteroatoms. The van der Waals surface area contributed by atoms with Gasteiger partial charge in [0.2, 0.25) is 0 Å². The lowest BCUT2D eigenvalue weighted by atomic mass is 9.91. The molecule has 21 heavy (non-hydrogen) atoms. The van der Waals surface area contributed by atoms with Crippen LogP contribution in [0.4, 0.5) is 0 Å². The molecule has 0 spiro atoms. The highest BCUT2D eigenvalue weighted by Gasteiger charge is 2.39. The van der Waals surface area contributed by atoms with Gasteiger partial charge in [-0.2, -0.15) is 0 Å². The molecule has 2 heterocycles. The fraction of sp³-hybridized carbons (Fsp3) is 0.467. The molecule has 0 radical (unpaired) electrons. The monoisotopic (exact) mass is 305 g/mol. The zero-order chi connectivity index (χ0) is 14.7. The molecule has 1 saturated heterocycles. The predicted molar refractivity (Wildman–Crippen MR) is 83.3 cm³/mol. The Bertz CT molecular complexity index is 602. The number of nitrogens with one attached hydrogen (secondary N) is 2. The van der Waals surface area contributed by atoms with Crippen LogP contribution in [-0.2, 0) is 16.1 Å². The molecule has 2 N–H and O–H groups in total. The molecule has 0 bridgehead atoms. The number of hydrogen-bond donors (Lipinski definition) is 2. The van der Waals surface area contributed by atoms with Gasteiger partial charge in [-0.3, -0.25) is 4.79 Å². The van der Waals surface area contributed by atoms with Gasteiger partial charge in [0.25, 0.3) is 5.91 Å². The van der Waals surface area contributed by atoms with Crippen LogP contribution in [0, 0.1) is 0 Å². The number of benzene rings is 1. The molecule has 1 aromatic carbocycles. The summed E-state index contributed by atoms with van der Waals surface area (Å²) in [5, 5.41) is 7.15. The Balaban J connectivity index is 1.67. The molecular weight excluding hydrogens is 286 g/mol. The van der Waals surface area contributed by atoms with Crippen LogP contribution >= 0.6 is 11.3 Å². The van der Waals surface area contributed by atoms with Gasteiger partial charge in [0, 0.05) is 7.11 Å². The molecule has 1 fully saturated rings. The highest BCUT2D eigenvalue weighted by molar-refractivity contribution is 7.18. The molecule has 1 aliphatic heterocycles. The van der Waals surface area contributed by atoms with E-state index in [4.69, 9.17) is 4.74 Å². The summed E-state index contributed by atoms with van der Waals surface area (Å²) in [6.07, 6.45) is 1.41. The second-order valence-electron chi connectivity index (χ2n) is 5.21. The third-order valence-electron chi connectivity index (χ3n) is 3.95. The fourth-order valence-electron chi connectivity index (χ4n) is 2.67. The molecule has 0 saturated carbocycles. The summed E-state index contributed by atoms with van der Waals surface area (Å²) in [7, 11) is 1.61. The van der Waals surface area contributed by atoms with Crippen LogP contribution in [0.15, 0.2) is 24.3 Å². The molecule has 0 atom stereocenters. The lowest BCUT2D eigenvalue weighted by Gasteiger charge is -2.34. The van der Waals surface area contributed by atoms with E-state index in [1.54, 1.807) is 18.4 Å². The van der Waals surface area contributed by atoms with E-state index < -0.39 is 5.60 Å². The summed E-state index contributed by atoms with van der Waals surface area (Å²) in [4.78, 5) is 17.0.